The van der Waals surface area contributed by atoms with E-state index < -0.39 is 44.6 Å². The highest BCUT2D eigenvalue weighted by molar-refractivity contribution is 7.89. The van der Waals surface area contributed by atoms with Crippen molar-refractivity contribution in [1.29, 1.82) is 0 Å². The van der Waals surface area contributed by atoms with Gasteiger partial charge in [-0.2, -0.15) is 25.9 Å². The van der Waals surface area contributed by atoms with Crippen molar-refractivity contribution >= 4 is 37.8 Å². The molecule has 1 amide bonds. The summed E-state index contributed by atoms with van der Waals surface area (Å²) in [6.07, 6.45) is -2.32. The Morgan fingerprint density at radius 2 is 1.65 bits per heavy atom. The van der Waals surface area contributed by atoms with Gasteiger partial charge in [0.2, 0.25) is 15.9 Å². The molecule has 1 N–H and O–H groups in total. The van der Waals surface area contributed by atoms with Crippen LogP contribution in [0, 0.1) is 13.8 Å². The number of carbonyl (C=O) groups excluding carboxylic acids is 1. The van der Waals surface area contributed by atoms with Crippen LogP contribution in [0.15, 0.2) is 70.5 Å². The summed E-state index contributed by atoms with van der Waals surface area (Å²) in [7, 11) is -6.95. The predicted molar refractivity (Wildman–Crippen MR) is 162 cm³/mol. The van der Waals surface area contributed by atoms with E-state index in [4.69, 9.17) is 18.4 Å². The molecule has 16 heteroatoms. The first-order valence-electron chi connectivity index (χ1n) is 13.7. The van der Waals surface area contributed by atoms with Gasteiger partial charge >= 0.3 is 16.3 Å². The molecule has 1 fully saturated rings. The number of sulfonamides is 1. The number of nitrogens with one attached hydrogen (secondary N) is 1. The number of carbonyl (C=O) groups is 1. The third kappa shape index (κ3) is 8.78. The van der Waals surface area contributed by atoms with Crippen LogP contribution < -0.4 is 19.0 Å². The highest BCUT2D eigenvalue weighted by atomic mass is 32.2. The molecule has 0 radical (unpaired) electrons. The Morgan fingerprint density at radius 3 is 2.33 bits per heavy atom. The Kier molecular flexibility index (Phi) is 10.7. The van der Waals surface area contributed by atoms with Crippen molar-refractivity contribution in [3.8, 4) is 17.2 Å². The maximum atomic E-state index is 13.1. The maximum Gasteiger partial charge on any atom is 0.422 e. The van der Waals surface area contributed by atoms with Gasteiger partial charge in [-0.05, 0) is 73.0 Å². The van der Waals surface area contributed by atoms with Crippen LogP contribution in [0.5, 0.6) is 17.2 Å². The van der Waals surface area contributed by atoms with Crippen LogP contribution in [-0.4, -0.2) is 73.2 Å². The minimum atomic E-state index is -4.69. The molecule has 0 bridgehead atoms. The third-order valence-electron chi connectivity index (χ3n) is 6.64. The molecular formula is C30H31F3N2O9S2. The van der Waals surface area contributed by atoms with E-state index in [2.05, 4.69) is 5.32 Å². The lowest BCUT2D eigenvalue weighted by molar-refractivity contribution is -0.153. The molecule has 248 valence electrons. The SMILES string of the molecule is COc1cc(C=CC(=O)Nc2cc(S(=O)(=O)N3CCOCC3)ccc2OCC(F)(F)F)ccc1OS(=O)(=O)c1cc(C)ccc1C. The first-order valence-corrected chi connectivity index (χ1v) is 16.5. The summed E-state index contributed by atoms with van der Waals surface area (Å²) in [6, 6.07) is 12.3. The number of amides is 1. The number of aryl methyl sites for hydroxylation is 2. The summed E-state index contributed by atoms with van der Waals surface area (Å²) >= 11 is 0. The molecule has 0 unspecified atom stereocenters. The average molecular weight is 685 g/mol. The van der Waals surface area contributed by atoms with E-state index in [0.29, 0.717) is 11.1 Å². The van der Waals surface area contributed by atoms with Gasteiger partial charge in [0, 0.05) is 19.2 Å². The zero-order chi connectivity index (χ0) is 33.7. The van der Waals surface area contributed by atoms with Crippen LogP contribution in [0.1, 0.15) is 16.7 Å². The monoisotopic (exact) mass is 684 g/mol. The van der Waals surface area contributed by atoms with Crippen LogP contribution in [0.2, 0.25) is 0 Å². The van der Waals surface area contributed by atoms with E-state index >= 15 is 0 Å². The number of hydrogen-bond donors (Lipinski definition) is 1. The highest BCUT2D eigenvalue weighted by Crippen LogP contribution is 2.33. The smallest absolute Gasteiger partial charge is 0.422 e. The highest BCUT2D eigenvalue weighted by Gasteiger charge is 2.30. The van der Waals surface area contributed by atoms with Crippen molar-refractivity contribution < 1.29 is 53.2 Å². The summed E-state index contributed by atoms with van der Waals surface area (Å²) in [5.41, 5.74) is 1.29. The van der Waals surface area contributed by atoms with Crippen molar-refractivity contribution in [3.05, 3.63) is 77.4 Å². The van der Waals surface area contributed by atoms with Gasteiger partial charge in [-0.15, -0.1) is 0 Å². The lowest BCUT2D eigenvalue weighted by Crippen LogP contribution is -2.40. The fourth-order valence-corrected chi connectivity index (χ4v) is 7.02. The third-order valence-corrected chi connectivity index (χ3v) is 9.91. The molecule has 1 saturated heterocycles. The standard InChI is InChI=1S/C30H31F3N2O9S2/c1-20-4-5-21(2)28(16-20)46(39,40)44-26-9-6-22(17-27(26)41-3)7-11-29(36)34-24-18-23(8-10-25(24)43-19-30(31,32)33)45(37,38)35-12-14-42-15-13-35/h4-11,16-18H,12-15,19H2,1-3H3,(H,34,36). The number of alkyl halides is 3. The normalized spacial score (nSPS) is 14.7. The minimum Gasteiger partial charge on any atom is -0.493 e. The molecule has 3 aromatic rings. The largest absolute Gasteiger partial charge is 0.493 e. The molecule has 1 heterocycles. The lowest BCUT2D eigenvalue weighted by Gasteiger charge is -2.26. The summed E-state index contributed by atoms with van der Waals surface area (Å²) in [4.78, 5) is 12.6. The zero-order valence-electron chi connectivity index (χ0n) is 25.0. The first kappa shape index (κ1) is 34.7. The number of rotatable bonds is 11. The van der Waals surface area contributed by atoms with E-state index in [1.807, 2.05) is 0 Å². The number of nitrogens with zero attached hydrogens (tertiary/aromatic N) is 1. The molecule has 0 atom stereocenters. The van der Waals surface area contributed by atoms with Gasteiger partial charge in [0.05, 0.1) is 30.9 Å². The van der Waals surface area contributed by atoms with Crippen LogP contribution in [0.4, 0.5) is 18.9 Å². The second-order valence-electron chi connectivity index (χ2n) is 10.1. The first-order chi connectivity index (χ1) is 21.6. The van der Waals surface area contributed by atoms with Crippen molar-refractivity contribution in [2.45, 2.75) is 29.8 Å². The second-order valence-corrected chi connectivity index (χ2v) is 13.6. The number of anilines is 1. The molecule has 0 spiro atoms. The predicted octanol–water partition coefficient (Wildman–Crippen LogP) is 4.69. The van der Waals surface area contributed by atoms with E-state index in [1.54, 1.807) is 26.0 Å². The quantitative estimate of drug-likeness (QED) is 0.225. The van der Waals surface area contributed by atoms with Crippen molar-refractivity contribution in [1.82, 2.24) is 4.31 Å². The van der Waals surface area contributed by atoms with Crippen LogP contribution in [0.25, 0.3) is 6.08 Å². The van der Waals surface area contributed by atoms with Crippen LogP contribution in [-0.2, 0) is 29.7 Å². The minimum absolute atomic E-state index is 0.00408. The van der Waals surface area contributed by atoms with Crippen molar-refractivity contribution in [3.63, 3.8) is 0 Å². The van der Waals surface area contributed by atoms with Gasteiger partial charge in [0.25, 0.3) is 0 Å². The Labute approximate surface area is 264 Å². The van der Waals surface area contributed by atoms with E-state index in [-0.39, 0.29) is 53.3 Å². The summed E-state index contributed by atoms with van der Waals surface area (Å²) in [6.45, 7) is 2.25. The van der Waals surface area contributed by atoms with E-state index in [0.717, 1.165) is 29.8 Å². The molecule has 1 aliphatic heterocycles. The summed E-state index contributed by atoms with van der Waals surface area (Å²) in [5.74, 6) is -1.28. The number of hydrogen-bond acceptors (Lipinski definition) is 9. The molecule has 3 aromatic carbocycles. The molecule has 0 aliphatic carbocycles. The van der Waals surface area contributed by atoms with Gasteiger partial charge in [-0.3, -0.25) is 4.79 Å². The van der Waals surface area contributed by atoms with E-state index in [1.165, 1.54) is 41.8 Å². The second kappa shape index (κ2) is 14.1. The van der Waals surface area contributed by atoms with Crippen molar-refractivity contribution in [2.75, 3.05) is 45.3 Å². The molecule has 11 nitrogen and oxygen atoms in total. The summed E-state index contributed by atoms with van der Waals surface area (Å²) < 4.78 is 113. The molecule has 46 heavy (non-hydrogen) atoms. The van der Waals surface area contributed by atoms with Gasteiger partial charge < -0.3 is 23.7 Å². The van der Waals surface area contributed by atoms with Gasteiger partial charge in [-0.1, -0.05) is 18.2 Å². The van der Waals surface area contributed by atoms with Gasteiger partial charge in [-0.25, -0.2) is 8.42 Å². The number of methoxy groups -OCH3 is 1. The number of morpholine rings is 1. The van der Waals surface area contributed by atoms with Gasteiger partial charge in [0.15, 0.2) is 18.1 Å². The van der Waals surface area contributed by atoms with Crippen LogP contribution in [0.3, 0.4) is 0 Å². The maximum absolute atomic E-state index is 13.1. The Bertz CT molecular complexity index is 1840. The Morgan fingerprint density at radius 1 is 0.957 bits per heavy atom. The molecule has 0 saturated carbocycles. The fourth-order valence-electron chi connectivity index (χ4n) is 4.33. The van der Waals surface area contributed by atoms with E-state index in [9.17, 15) is 34.8 Å². The number of benzene rings is 3. The van der Waals surface area contributed by atoms with Crippen molar-refractivity contribution in [2.24, 2.45) is 0 Å². The van der Waals surface area contributed by atoms with Crippen LogP contribution >= 0.6 is 0 Å². The molecular weight excluding hydrogens is 653 g/mol. The number of halogens is 3. The molecule has 0 aromatic heterocycles. The molecule has 1 aliphatic rings. The number of ether oxygens (including phenoxy) is 3. The Hall–Kier alpha value is -4.12. The zero-order valence-corrected chi connectivity index (χ0v) is 26.6. The molecule has 4 rings (SSSR count). The topological polar surface area (TPSA) is 138 Å². The average Bonchev–Trinajstić information content (AvgIpc) is 3.00. The van der Waals surface area contributed by atoms with Gasteiger partial charge in [0.1, 0.15) is 10.6 Å². The lowest BCUT2D eigenvalue weighted by atomic mass is 10.2. The Balaban J connectivity index is 1.55. The fraction of sp³-hybridized carbons (Fsp3) is 0.300. The summed E-state index contributed by atoms with van der Waals surface area (Å²) in [5, 5.41) is 2.37.